The standard InChI is InChI=1S/C17H27N3O2/c1-6-13-8-7-9-14(10-13)18-15(21)11-20(5)12-16(22)19-17(2,3)4/h7-10H,6,11-12H2,1-5H3,(H,18,21)(H,19,22). The zero-order chi connectivity index (χ0) is 16.8. The molecule has 0 fully saturated rings. The first-order valence-electron chi connectivity index (χ1n) is 7.58. The van der Waals surface area contributed by atoms with Crippen LogP contribution in [0.15, 0.2) is 24.3 Å². The summed E-state index contributed by atoms with van der Waals surface area (Å²) in [5.74, 6) is -0.213. The van der Waals surface area contributed by atoms with Crippen molar-refractivity contribution in [2.24, 2.45) is 0 Å². The van der Waals surface area contributed by atoms with Crippen molar-refractivity contribution in [1.82, 2.24) is 10.2 Å². The monoisotopic (exact) mass is 305 g/mol. The maximum Gasteiger partial charge on any atom is 0.238 e. The highest BCUT2D eigenvalue weighted by Gasteiger charge is 2.16. The molecule has 0 spiro atoms. The normalized spacial score (nSPS) is 11.4. The average molecular weight is 305 g/mol. The van der Waals surface area contributed by atoms with Crippen LogP contribution >= 0.6 is 0 Å². The van der Waals surface area contributed by atoms with Crippen molar-refractivity contribution in [1.29, 1.82) is 0 Å². The van der Waals surface area contributed by atoms with Crippen LogP contribution in [0.25, 0.3) is 0 Å². The van der Waals surface area contributed by atoms with Crippen LogP contribution in [0.2, 0.25) is 0 Å². The summed E-state index contributed by atoms with van der Waals surface area (Å²) in [4.78, 5) is 25.5. The smallest absolute Gasteiger partial charge is 0.238 e. The molecule has 0 radical (unpaired) electrons. The van der Waals surface area contributed by atoms with E-state index in [2.05, 4.69) is 17.6 Å². The average Bonchev–Trinajstić information content (AvgIpc) is 2.35. The molecule has 1 aromatic rings. The number of hydrogen-bond donors (Lipinski definition) is 2. The predicted octanol–water partition coefficient (Wildman–Crippen LogP) is 2.03. The van der Waals surface area contributed by atoms with Crippen LogP contribution in [0, 0.1) is 0 Å². The summed E-state index contributed by atoms with van der Waals surface area (Å²) in [6, 6.07) is 7.78. The maximum absolute atomic E-state index is 12.0. The molecule has 5 nitrogen and oxygen atoms in total. The Balaban J connectivity index is 2.45. The molecule has 0 atom stereocenters. The molecule has 2 N–H and O–H groups in total. The van der Waals surface area contributed by atoms with Gasteiger partial charge in [-0.2, -0.15) is 0 Å². The van der Waals surface area contributed by atoms with Crippen LogP contribution in [-0.2, 0) is 16.0 Å². The lowest BCUT2D eigenvalue weighted by Gasteiger charge is -2.23. The maximum atomic E-state index is 12.0. The van der Waals surface area contributed by atoms with Gasteiger partial charge in [-0.25, -0.2) is 0 Å². The zero-order valence-electron chi connectivity index (χ0n) is 14.2. The molecule has 0 aliphatic rings. The number of rotatable bonds is 6. The van der Waals surface area contributed by atoms with Gasteiger partial charge in [-0.15, -0.1) is 0 Å². The third-order valence-electron chi connectivity index (χ3n) is 2.96. The van der Waals surface area contributed by atoms with Crippen molar-refractivity contribution in [3.63, 3.8) is 0 Å². The van der Waals surface area contributed by atoms with Crippen molar-refractivity contribution >= 4 is 17.5 Å². The molecular formula is C17H27N3O2. The highest BCUT2D eigenvalue weighted by molar-refractivity contribution is 5.92. The first kappa shape index (κ1) is 18.2. The van der Waals surface area contributed by atoms with E-state index < -0.39 is 0 Å². The minimum atomic E-state index is -0.263. The number of carbonyl (C=O) groups is 2. The van der Waals surface area contributed by atoms with Crippen LogP contribution < -0.4 is 10.6 Å². The van der Waals surface area contributed by atoms with Gasteiger partial charge in [0, 0.05) is 11.2 Å². The zero-order valence-corrected chi connectivity index (χ0v) is 14.2. The summed E-state index contributed by atoms with van der Waals surface area (Å²) >= 11 is 0. The molecule has 22 heavy (non-hydrogen) atoms. The quantitative estimate of drug-likeness (QED) is 0.845. The van der Waals surface area contributed by atoms with Gasteiger partial charge in [0.05, 0.1) is 13.1 Å². The fourth-order valence-electron chi connectivity index (χ4n) is 2.07. The van der Waals surface area contributed by atoms with Crippen LogP contribution in [0.3, 0.4) is 0 Å². The number of anilines is 1. The topological polar surface area (TPSA) is 61.4 Å². The van der Waals surface area contributed by atoms with Gasteiger partial charge in [0.25, 0.3) is 0 Å². The van der Waals surface area contributed by atoms with Crippen molar-refractivity contribution < 1.29 is 9.59 Å². The third kappa shape index (κ3) is 7.22. The SMILES string of the molecule is CCc1cccc(NC(=O)CN(C)CC(=O)NC(C)(C)C)c1. The van der Waals surface area contributed by atoms with Crippen molar-refractivity contribution in [3.05, 3.63) is 29.8 Å². The largest absolute Gasteiger partial charge is 0.350 e. The second kappa shape index (κ2) is 7.94. The minimum absolute atomic E-state index is 0.0872. The van der Waals surface area contributed by atoms with Crippen molar-refractivity contribution in [2.75, 3.05) is 25.5 Å². The van der Waals surface area contributed by atoms with E-state index in [4.69, 9.17) is 0 Å². The number of aryl methyl sites for hydroxylation is 1. The lowest BCUT2D eigenvalue weighted by Crippen LogP contribution is -2.46. The molecular weight excluding hydrogens is 278 g/mol. The van der Waals surface area contributed by atoms with Gasteiger partial charge in [-0.1, -0.05) is 19.1 Å². The number of nitrogens with zero attached hydrogens (tertiary/aromatic N) is 1. The summed E-state index contributed by atoms with van der Waals surface area (Å²) in [5, 5.41) is 5.73. The second-order valence-electron chi connectivity index (χ2n) is 6.57. The first-order valence-corrected chi connectivity index (χ1v) is 7.58. The molecule has 0 heterocycles. The molecule has 0 aliphatic heterocycles. The lowest BCUT2D eigenvalue weighted by atomic mass is 10.1. The van der Waals surface area contributed by atoms with Gasteiger partial charge >= 0.3 is 0 Å². The summed E-state index contributed by atoms with van der Waals surface area (Å²) in [7, 11) is 1.75. The van der Waals surface area contributed by atoms with Gasteiger partial charge < -0.3 is 10.6 Å². The van der Waals surface area contributed by atoms with Gasteiger partial charge in [0.15, 0.2) is 0 Å². The summed E-state index contributed by atoms with van der Waals surface area (Å²) in [5.41, 5.74) is 1.70. The number of carbonyl (C=O) groups excluding carboxylic acids is 2. The molecule has 0 saturated carbocycles. The summed E-state index contributed by atoms with van der Waals surface area (Å²) in [6.45, 7) is 8.23. The van der Waals surface area contributed by atoms with Gasteiger partial charge in [0.2, 0.25) is 11.8 Å². The molecule has 0 unspecified atom stereocenters. The minimum Gasteiger partial charge on any atom is -0.350 e. The Bertz CT molecular complexity index is 521. The molecule has 1 aromatic carbocycles. The first-order chi connectivity index (χ1) is 10.2. The van der Waals surface area contributed by atoms with E-state index in [1.165, 1.54) is 5.56 Å². The number of amides is 2. The van der Waals surface area contributed by atoms with Gasteiger partial charge in [-0.3, -0.25) is 14.5 Å². The molecule has 0 aromatic heterocycles. The van der Waals surface area contributed by atoms with E-state index >= 15 is 0 Å². The number of nitrogens with one attached hydrogen (secondary N) is 2. The van der Waals surface area contributed by atoms with Crippen LogP contribution in [0.1, 0.15) is 33.3 Å². The van der Waals surface area contributed by atoms with Gasteiger partial charge in [0.1, 0.15) is 0 Å². The molecule has 0 saturated heterocycles. The molecule has 122 valence electrons. The second-order valence-corrected chi connectivity index (χ2v) is 6.57. The third-order valence-corrected chi connectivity index (χ3v) is 2.96. The fourth-order valence-corrected chi connectivity index (χ4v) is 2.07. The van der Waals surface area contributed by atoms with E-state index in [1.54, 1.807) is 11.9 Å². The number of benzene rings is 1. The van der Waals surface area contributed by atoms with Crippen molar-refractivity contribution in [3.8, 4) is 0 Å². The Labute approximate surface area is 133 Å². The summed E-state index contributed by atoms with van der Waals surface area (Å²) < 4.78 is 0. The Kier molecular flexibility index (Phi) is 6.56. The molecule has 5 heteroatoms. The lowest BCUT2D eigenvalue weighted by molar-refractivity contribution is -0.124. The van der Waals surface area contributed by atoms with E-state index in [0.717, 1.165) is 12.1 Å². The highest BCUT2D eigenvalue weighted by atomic mass is 16.2. The molecule has 0 bridgehead atoms. The Morgan fingerprint density at radius 3 is 2.36 bits per heavy atom. The van der Waals surface area contributed by atoms with E-state index in [1.807, 2.05) is 45.0 Å². The molecule has 2 amide bonds. The Morgan fingerprint density at radius 2 is 1.77 bits per heavy atom. The van der Waals surface area contributed by atoms with Crippen LogP contribution in [0.4, 0.5) is 5.69 Å². The molecule has 0 aliphatic carbocycles. The van der Waals surface area contributed by atoms with E-state index in [-0.39, 0.29) is 30.4 Å². The number of hydrogen-bond acceptors (Lipinski definition) is 3. The van der Waals surface area contributed by atoms with Crippen LogP contribution in [-0.4, -0.2) is 42.4 Å². The van der Waals surface area contributed by atoms with E-state index in [9.17, 15) is 9.59 Å². The highest BCUT2D eigenvalue weighted by Crippen LogP contribution is 2.11. The van der Waals surface area contributed by atoms with Crippen LogP contribution in [0.5, 0.6) is 0 Å². The molecule has 1 rings (SSSR count). The predicted molar refractivity (Wildman–Crippen MR) is 89.8 cm³/mol. The van der Waals surface area contributed by atoms with E-state index in [0.29, 0.717) is 0 Å². The van der Waals surface area contributed by atoms with Gasteiger partial charge in [-0.05, 0) is 51.9 Å². The number of likely N-dealkylation sites (N-methyl/N-ethyl adjacent to an activating group) is 1. The Morgan fingerprint density at radius 1 is 1.14 bits per heavy atom. The van der Waals surface area contributed by atoms with Crippen molar-refractivity contribution in [2.45, 2.75) is 39.7 Å². The summed E-state index contributed by atoms with van der Waals surface area (Å²) in [6.07, 6.45) is 0.927. The Hall–Kier alpha value is -1.88. The fraction of sp³-hybridized carbons (Fsp3) is 0.529.